The van der Waals surface area contributed by atoms with E-state index in [-0.39, 0.29) is 12.6 Å². The number of piperazine rings is 1. The zero-order valence-electron chi connectivity index (χ0n) is 16.4. The van der Waals surface area contributed by atoms with Gasteiger partial charge in [-0.1, -0.05) is 66.2 Å². The maximum atomic E-state index is 10.4. The zero-order valence-corrected chi connectivity index (χ0v) is 17.2. The first kappa shape index (κ1) is 21.5. The van der Waals surface area contributed by atoms with E-state index in [4.69, 9.17) is 21.4 Å². The molecule has 0 unspecified atom stereocenters. The summed E-state index contributed by atoms with van der Waals surface area (Å²) in [7, 11) is 0. The molecule has 6 heteroatoms. The minimum absolute atomic E-state index is 0.218. The van der Waals surface area contributed by atoms with Crippen LogP contribution in [0.2, 0.25) is 5.02 Å². The van der Waals surface area contributed by atoms with Gasteiger partial charge < -0.3 is 9.84 Å². The summed E-state index contributed by atoms with van der Waals surface area (Å²) in [6, 6.07) is 19.0. The monoisotopic (exact) mass is 414 g/mol. The summed E-state index contributed by atoms with van der Waals surface area (Å²) >= 11 is 6.10. The molecule has 1 saturated heterocycles. The molecule has 5 nitrogen and oxygen atoms in total. The Bertz CT molecular complexity index is 788. The van der Waals surface area contributed by atoms with Gasteiger partial charge in [-0.3, -0.25) is 9.80 Å². The Morgan fingerprint density at radius 2 is 1.66 bits per heavy atom. The third-order valence-electron chi connectivity index (χ3n) is 5.04. The highest BCUT2D eigenvalue weighted by Crippen LogP contribution is 2.30. The molecular weight excluding hydrogens is 388 g/mol. The van der Waals surface area contributed by atoms with Gasteiger partial charge in [0.15, 0.2) is 0 Å². The average molecular weight is 415 g/mol. The lowest BCUT2D eigenvalue weighted by molar-refractivity contribution is -0.141. The van der Waals surface area contributed by atoms with Crippen LogP contribution in [0.3, 0.4) is 0 Å². The van der Waals surface area contributed by atoms with Crippen molar-refractivity contribution in [1.29, 1.82) is 0 Å². The van der Waals surface area contributed by atoms with Crippen LogP contribution in [0.15, 0.2) is 66.7 Å². The predicted octanol–water partition coefficient (Wildman–Crippen LogP) is 3.70. The van der Waals surface area contributed by atoms with Crippen molar-refractivity contribution in [3.05, 3.63) is 82.9 Å². The minimum Gasteiger partial charge on any atom is -0.480 e. The number of rotatable bonds is 9. The molecule has 29 heavy (non-hydrogen) atoms. The molecule has 2 aromatic rings. The van der Waals surface area contributed by atoms with Gasteiger partial charge in [0.2, 0.25) is 0 Å². The minimum atomic E-state index is -0.942. The van der Waals surface area contributed by atoms with Gasteiger partial charge in [-0.2, -0.15) is 0 Å². The largest absolute Gasteiger partial charge is 0.480 e. The summed E-state index contributed by atoms with van der Waals surface area (Å²) in [6.07, 6.45) is 3.93. The van der Waals surface area contributed by atoms with E-state index in [2.05, 4.69) is 46.2 Å². The molecule has 1 heterocycles. The Labute approximate surface area is 177 Å². The van der Waals surface area contributed by atoms with Crippen molar-refractivity contribution < 1.29 is 14.6 Å². The lowest BCUT2D eigenvalue weighted by atomic mass is 9.96. The molecule has 0 spiro atoms. The summed E-state index contributed by atoms with van der Waals surface area (Å²) in [6.45, 7) is 4.85. The third kappa shape index (κ3) is 6.68. The first-order chi connectivity index (χ1) is 14.1. The van der Waals surface area contributed by atoms with E-state index in [0.717, 1.165) is 37.7 Å². The van der Waals surface area contributed by atoms with Gasteiger partial charge in [0.25, 0.3) is 0 Å². The maximum Gasteiger partial charge on any atom is 0.329 e. The standard InChI is InChI=1S/C23H27ClN2O3/c24-21-10-8-20(9-11-21)23(19-6-2-1-3-7-19)26-15-13-25(14-16-26)12-4-5-17-29-18-22(27)28/h1-11,23H,12-18H2,(H,27,28)/t23-/m1/s1. The first-order valence-corrected chi connectivity index (χ1v) is 10.2. The number of carboxylic acid groups (broad SMARTS) is 1. The molecule has 3 rings (SSSR count). The molecule has 1 N–H and O–H groups in total. The van der Waals surface area contributed by atoms with Crippen molar-refractivity contribution in [2.24, 2.45) is 0 Å². The molecule has 154 valence electrons. The van der Waals surface area contributed by atoms with E-state index in [1.54, 1.807) is 0 Å². The van der Waals surface area contributed by atoms with Crippen molar-refractivity contribution in [1.82, 2.24) is 9.80 Å². The number of carbonyl (C=O) groups is 1. The molecule has 0 amide bonds. The van der Waals surface area contributed by atoms with Crippen LogP contribution in [-0.2, 0) is 9.53 Å². The van der Waals surface area contributed by atoms with Crippen LogP contribution < -0.4 is 0 Å². The van der Waals surface area contributed by atoms with Crippen LogP contribution in [-0.4, -0.2) is 66.8 Å². The number of halogens is 1. The van der Waals surface area contributed by atoms with E-state index in [1.165, 1.54) is 11.1 Å². The topological polar surface area (TPSA) is 53.0 Å². The quantitative estimate of drug-likeness (QED) is 0.500. The summed E-state index contributed by atoms with van der Waals surface area (Å²) in [5.41, 5.74) is 2.54. The fourth-order valence-electron chi connectivity index (χ4n) is 3.60. The number of benzene rings is 2. The highest BCUT2D eigenvalue weighted by molar-refractivity contribution is 6.30. The molecule has 1 aliphatic heterocycles. The van der Waals surface area contributed by atoms with Gasteiger partial charge >= 0.3 is 5.97 Å². The molecule has 1 aliphatic rings. The van der Waals surface area contributed by atoms with Gasteiger partial charge in [0, 0.05) is 37.7 Å². The summed E-state index contributed by atoms with van der Waals surface area (Å²) in [5, 5.41) is 9.31. The average Bonchev–Trinajstić information content (AvgIpc) is 2.74. The third-order valence-corrected chi connectivity index (χ3v) is 5.29. The van der Waals surface area contributed by atoms with Crippen molar-refractivity contribution in [3.63, 3.8) is 0 Å². The molecular formula is C23H27ClN2O3. The normalized spacial score (nSPS) is 16.9. The molecule has 0 radical (unpaired) electrons. The molecule has 0 aliphatic carbocycles. The van der Waals surface area contributed by atoms with Gasteiger partial charge in [-0.25, -0.2) is 4.79 Å². The Balaban J connectivity index is 1.57. The second-order valence-corrected chi connectivity index (χ2v) is 7.52. The smallest absolute Gasteiger partial charge is 0.329 e. The van der Waals surface area contributed by atoms with Crippen LogP contribution in [0.5, 0.6) is 0 Å². The Kier molecular flexibility index (Phi) is 8.25. The number of ether oxygens (including phenoxy) is 1. The Hall–Kier alpha value is -2.18. The summed E-state index contributed by atoms with van der Waals surface area (Å²) < 4.78 is 5.02. The van der Waals surface area contributed by atoms with Crippen molar-refractivity contribution in [3.8, 4) is 0 Å². The van der Waals surface area contributed by atoms with Crippen LogP contribution in [0.1, 0.15) is 17.2 Å². The van der Waals surface area contributed by atoms with Gasteiger partial charge in [0.05, 0.1) is 12.6 Å². The van der Waals surface area contributed by atoms with Crippen molar-refractivity contribution in [2.75, 3.05) is 45.9 Å². The van der Waals surface area contributed by atoms with Gasteiger partial charge in [-0.15, -0.1) is 0 Å². The number of aliphatic carboxylic acids is 1. The molecule has 1 atom stereocenters. The molecule has 2 aromatic carbocycles. The number of carboxylic acids is 1. The van der Waals surface area contributed by atoms with Crippen LogP contribution in [0.25, 0.3) is 0 Å². The van der Waals surface area contributed by atoms with Crippen molar-refractivity contribution in [2.45, 2.75) is 6.04 Å². The Morgan fingerprint density at radius 3 is 2.31 bits per heavy atom. The fourth-order valence-corrected chi connectivity index (χ4v) is 3.73. The van der Waals surface area contributed by atoms with E-state index < -0.39 is 5.97 Å². The summed E-state index contributed by atoms with van der Waals surface area (Å²) in [5.74, 6) is -0.942. The molecule has 0 saturated carbocycles. The highest BCUT2D eigenvalue weighted by Gasteiger charge is 2.25. The lowest BCUT2D eigenvalue weighted by Crippen LogP contribution is -2.47. The number of nitrogens with zero attached hydrogens (tertiary/aromatic N) is 2. The SMILES string of the molecule is O=C(O)COCC=CCN1CCN([C@H](c2ccccc2)c2ccc(Cl)cc2)CC1. The molecule has 1 fully saturated rings. The molecule has 0 aromatic heterocycles. The van der Waals surface area contributed by atoms with Crippen molar-refractivity contribution >= 4 is 17.6 Å². The molecule has 0 bridgehead atoms. The number of hydrogen-bond donors (Lipinski definition) is 1. The zero-order chi connectivity index (χ0) is 20.5. The predicted molar refractivity (Wildman–Crippen MR) is 115 cm³/mol. The van der Waals surface area contributed by atoms with E-state index in [0.29, 0.717) is 6.61 Å². The maximum absolute atomic E-state index is 10.4. The second-order valence-electron chi connectivity index (χ2n) is 7.08. The lowest BCUT2D eigenvalue weighted by Gasteiger charge is -2.39. The van der Waals surface area contributed by atoms with E-state index in [9.17, 15) is 4.79 Å². The fraction of sp³-hybridized carbons (Fsp3) is 0.348. The van der Waals surface area contributed by atoms with Gasteiger partial charge in [-0.05, 0) is 23.3 Å². The first-order valence-electron chi connectivity index (χ1n) is 9.85. The second kappa shape index (κ2) is 11.1. The van der Waals surface area contributed by atoms with Gasteiger partial charge in [0.1, 0.15) is 6.61 Å². The van der Waals surface area contributed by atoms with Crippen LogP contribution in [0.4, 0.5) is 0 Å². The van der Waals surface area contributed by atoms with Crippen LogP contribution in [0, 0.1) is 0 Å². The van der Waals surface area contributed by atoms with E-state index in [1.807, 2.05) is 30.4 Å². The van der Waals surface area contributed by atoms with E-state index >= 15 is 0 Å². The highest BCUT2D eigenvalue weighted by atomic mass is 35.5. The summed E-state index contributed by atoms with van der Waals surface area (Å²) in [4.78, 5) is 15.3. The number of hydrogen-bond acceptors (Lipinski definition) is 4. The Morgan fingerprint density at radius 1 is 1.00 bits per heavy atom. The van der Waals surface area contributed by atoms with Crippen LogP contribution >= 0.6 is 11.6 Å².